The number of nitrogens with one attached hydrogen (secondary N) is 1. The lowest BCUT2D eigenvalue weighted by molar-refractivity contribution is -0.162. The van der Waals surface area contributed by atoms with Gasteiger partial charge < -0.3 is 31.0 Å². The summed E-state index contributed by atoms with van der Waals surface area (Å²) < 4.78 is 17.9. The van der Waals surface area contributed by atoms with Gasteiger partial charge in [-0.2, -0.15) is 0 Å². The number of rotatable bonds is 10. The largest absolute Gasteiger partial charge is 0.478 e. The molecule has 0 aliphatic carbocycles. The second-order valence-corrected chi connectivity index (χ2v) is 11.2. The molecular weight excluding hydrogens is 578 g/mol. The van der Waals surface area contributed by atoms with Crippen LogP contribution in [-0.2, 0) is 29.1 Å². The van der Waals surface area contributed by atoms with Crippen LogP contribution in [0.5, 0.6) is 0 Å². The number of aliphatic carboxylic acids is 1. The van der Waals surface area contributed by atoms with Crippen molar-refractivity contribution in [3.8, 4) is 0 Å². The fourth-order valence-electron chi connectivity index (χ4n) is 4.87. The molecule has 2 unspecified atom stereocenters. The zero-order valence-corrected chi connectivity index (χ0v) is 24.1. The quantitative estimate of drug-likeness (QED) is 0.0577. The van der Waals surface area contributed by atoms with Gasteiger partial charge in [0.25, 0.3) is 5.91 Å². The number of para-hydroxylation sites is 1. The number of ether oxygens (including phenoxy) is 1. The first-order valence-corrected chi connectivity index (χ1v) is 14.7. The first kappa shape index (κ1) is 31.1. The molecule has 1 saturated heterocycles. The molecular formula is C29H31N5O8S. The van der Waals surface area contributed by atoms with E-state index in [1.807, 2.05) is 0 Å². The summed E-state index contributed by atoms with van der Waals surface area (Å²) in [6.07, 6.45) is -1.66. The van der Waals surface area contributed by atoms with E-state index in [0.717, 1.165) is 0 Å². The highest BCUT2D eigenvalue weighted by atomic mass is 32.1. The van der Waals surface area contributed by atoms with Crippen molar-refractivity contribution in [1.29, 1.82) is 0 Å². The van der Waals surface area contributed by atoms with Gasteiger partial charge in [-0.25, -0.2) is 14.0 Å². The molecule has 2 aliphatic rings. The molecule has 0 bridgehead atoms. The number of hydrogen-bond donors (Lipinski definition) is 4. The number of nitrogens with zero attached hydrogens (tertiary/aromatic N) is 3. The Bertz CT molecular complexity index is 1630. The lowest BCUT2D eigenvalue weighted by atomic mass is 9.96. The molecule has 14 heteroatoms. The summed E-state index contributed by atoms with van der Waals surface area (Å²) in [7, 11) is -1.80. The number of carbonyl (C=O) groups excluding carboxylic acids is 3. The number of fused-ring (bicyclic) bond motifs is 1. The van der Waals surface area contributed by atoms with Crippen molar-refractivity contribution in [2.75, 3.05) is 13.1 Å². The van der Waals surface area contributed by atoms with E-state index in [0.29, 0.717) is 35.2 Å². The summed E-state index contributed by atoms with van der Waals surface area (Å²) in [5.74, 6) is 0.0829. The highest BCUT2D eigenvalue weighted by Crippen LogP contribution is 2.26. The molecule has 2 aromatic carbocycles. The fraction of sp³-hybridized carbons (Fsp3) is 0.310. The van der Waals surface area contributed by atoms with Gasteiger partial charge in [0.1, 0.15) is 5.71 Å². The Labute approximate surface area is 248 Å². The number of aliphatic imine (C=N–C) groups is 1. The molecule has 0 saturated carbocycles. The molecule has 5 N–H and O–H groups in total. The molecule has 13 nitrogen and oxygen atoms in total. The third kappa shape index (κ3) is 7.16. The Kier molecular flexibility index (Phi) is 9.73. The summed E-state index contributed by atoms with van der Waals surface area (Å²) in [5, 5.41) is 23.7. The fourth-order valence-corrected chi connectivity index (χ4v) is 5.64. The number of likely N-dealkylation sites (tertiary alicyclic amines) is 1. The number of Topliss-reactive ketones (excluding diaryl/α,β-unsaturated/α-hetero) is 1. The van der Waals surface area contributed by atoms with E-state index in [9.17, 15) is 28.5 Å². The van der Waals surface area contributed by atoms with E-state index in [2.05, 4.69) is 21.3 Å². The van der Waals surface area contributed by atoms with Crippen LogP contribution in [0.3, 0.4) is 0 Å². The molecule has 0 spiro atoms. The highest BCUT2D eigenvalue weighted by molar-refractivity contribution is 7.85. The Morgan fingerprint density at radius 3 is 2.37 bits per heavy atom. The number of nitrogens with two attached hydrogens (primary N) is 1. The van der Waals surface area contributed by atoms with Gasteiger partial charge in [0, 0.05) is 52.1 Å². The van der Waals surface area contributed by atoms with Crippen LogP contribution in [0.25, 0.3) is 0 Å². The number of carbonyl (C=O) groups is 4. The number of carboxylic acid groups (broad SMARTS) is 1. The Morgan fingerprint density at radius 1 is 1.14 bits per heavy atom. The topological polar surface area (TPSA) is 201 Å². The van der Waals surface area contributed by atoms with Crippen molar-refractivity contribution < 1.29 is 38.4 Å². The van der Waals surface area contributed by atoms with E-state index in [1.54, 1.807) is 60.4 Å². The predicted molar refractivity (Wildman–Crippen MR) is 160 cm³/mol. The van der Waals surface area contributed by atoms with E-state index in [4.69, 9.17) is 15.7 Å². The third-order valence-electron chi connectivity index (χ3n) is 7.13. The zero-order valence-electron chi connectivity index (χ0n) is 23.3. The standard InChI is InChI=1S/C29H31N5O8S/c1-16(15-22(35)17-7-9-18(10-8-17)25(30)33-40)28(37)34-13-11-19(12-14-34)42-27(29(38)39)32-26(36)23-24(43(2)41)20-5-3-4-6-21(20)31-23/h3-10,16,19,27,40H,2,11-15H2,1H3,(H2,30,33)(H,32,36)(H,38,39). The number of ketones is 1. The molecule has 0 radical (unpaired) electrons. The van der Waals surface area contributed by atoms with Gasteiger partial charge in [0.05, 0.1) is 16.7 Å². The summed E-state index contributed by atoms with van der Waals surface area (Å²) in [4.78, 5) is 56.6. The molecule has 2 amide bonds. The minimum absolute atomic E-state index is 0.0177. The van der Waals surface area contributed by atoms with Crippen molar-refractivity contribution >= 4 is 61.5 Å². The van der Waals surface area contributed by atoms with Crippen LogP contribution in [0.2, 0.25) is 0 Å². The molecule has 0 aromatic heterocycles. The van der Waals surface area contributed by atoms with Gasteiger partial charge in [-0.05, 0) is 24.8 Å². The maximum atomic E-state index is 13.0. The molecule has 226 valence electrons. The summed E-state index contributed by atoms with van der Waals surface area (Å²) in [6.45, 7) is 2.21. The van der Waals surface area contributed by atoms with Crippen molar-refractivity contribution in [3.05, 3.63) is 65.2 Å². The minimum atomic E-state index is -1.80. The van der Waals surface area contributed by atoms with Crippen molar-refractivity contribution in [1.82, 2.24) is 10.2 Å². The monoisotopic (exact) mass is 609 g/mol. The van der Waals surface area contributed by atoms with Crippen molar-refractivity contribution in [3.63, 3.8) is 0 Å². The van der Waals surface area contributed by atoms with Crippen LogP contribution in [0, 0.1) is 5.92 Å². The van der Waals surface area contributed by atoms with Crippen molar-refractivity contribution in [2.45, 2.75) is 38.5 Å². The van der Waals surface area contributed by atoms with E-state index in [-0.39, 0.29) is 47.6 Å². The highest BCUT2D eigenvalue weighted by Gasteiger charge is 2.34. The number of benzene rings is 2. The van der Waals surface area contributed by atoms with Gasteiger partial charge in [0.15, 0.2) is 11.6 Å². The van der Waals surface area contributed by atoms with Gasteiger partial charge in [-0.3, -0.25) is 14.4 Å². The molecule has 2 aromatic rings. The van der Waals surface area contributed by atoms with Crippen LogP contribution < -0.4 is 11.1 Å². The van der Waals surface area contributed by atoms with Gasteiger partial charge in [-0.1, -0.05) is 54.5 Å². The molecule has 2 aliphatic heterocycles. The Hall–Kier alpha value is -4.82. The molecule has 2 atom stereocenters. The molecule has 1 fully saturated rings. The third-order valence-corrected chi connectivity index (χ3v) is 8.00. The van der Waals surface area contributed by atoms with Crippen LogP contribution in [-0.4, -0.2) is 90.7 Å². The Morgan fingerprint density at radius 2 is 1.77 bits per heavy atom. The summed E-state index contributed by atoms with van der Waals surface area (Å²) in [6, 6.07) is 12.9. The number of amidine groups is 1. The summed E-state index contributed by atoms with van der Waals surface area (Å²) >= 11 is 0. The lowest BCUT2D eigenvalue weighted by Crippen LogP contribution is -2.50. The molecule has 2 heterocycles. The average molecular weight is 610 g/mol. The zero-order chi connectivity index (χ0) is 31.3. The number of piperidine rings is 1. The maximum Gasteiger partial charge on any atom is 0.354 e. The first-order valence-electron chi connectivity index (χ1n) is 13.4. The van der Waals surface area contributed by atoms with Gasteiger partial charge in [-0.15, -0.1) is 0 Å². The van der Waals surface area contributed by atoms with E-state index < -0.39 is 40.1 Å². The number of oxime groups is 1. The predicted octanol–water partition coefficient (Wildman–Crippen LogP) is 1.01. The van der Waals surface area contributed by atoms with Crippen LogP contribution >= 0.6 is 0 Å². The Balaban J connectivity index is 1.30. The first-order chi connectivity index (χ1) is 20.5. The normalized spacial score (nSPS) is 16.6. The van der Waals surface area contributed by atoms with Crippen LogP contribution in [0.1, 0.15) is 47.7 Å². The average Bonchev–Trinajstić information content (AvgIpc) is 3.40. The minimum Gasteiger partial charge on any atom is -0.478 e. The van der Waals surface area contributed by atoms with Gasteiger partial charge >= 0.3 is 5.97 Å². The number of hydrogen-bond acceptors (Lipinski definition) is 9. The lowest BCUT2D eigenvalue weighted by Gasteiger charge is -2.34. The van der Waals surface area contributed by atoms with E-state index >= 15 is 0 Å². The second kappa shape index (κ2) is 13.4. The maximum absolute atomic E-state index is 13.0. The SMILES string of the molecule is C=S(=O)=C1C(C(=O)NC(OC2CCN(C(=O)C(C)CC(=O)c3ccc(/C(N)=N/O)cc3)CC2)C(=O)O)=Nc2ccccc21. The number of amides is 2. The molecule has 43 heavy (non-hydrogen) atoms. The molecule has 4 rings (SSSR count). The second-order valence-electron chi connectivity index (χ2n) is 10.1. The summed E-state index contributed by atoms with van der Waals surface area (Å²) in [5.41, 5.74) is 7.11. The van der Waals surface area contributed by atoms with Crippen molar-refractivity contribution in [2.24, 2.45) is 21.8 Å². The van der Waals surface area contributed by atoms with Gasteiger partial charge in [0.2, 0.25) is 12.1 Å². The smallest absolute Gasteiger partial charge is 0.354 e. The van der Waals surface area contributed by atoms with E-state index in [1.165, 1.54) is 0 Å². The van der Waals surface area contributed by atoms with Crippen LogP contribution in [0.4, 0.5) is 5.69 Å². The van der Waals surface area contributed by atoms with Crippen LogP contribution in [0.15, 0.2) is 58.7 Å². The number of carboxylic acids is 1.